The van der Waals surface area contributed by atoms with E-state index in [9.17, 15) is 0 Å². The van der Waals surface area contributed by atoms with E-state index < -0.39 is 0 Å². The average Bonchev–Trinajstić information content (AvgIpc) is 2.51. The van der Waals surface area contributed by atoms with Crippen LogP contribution in [0.3, 0.4) is 0 Å². The van der Waals surface area contributed by atoms with Gasteiger partial charge in [0.2, 0.25) is 0 Å². The van der Waals surface area contributed by atoms with Crippen LogP contribution < -0.4 is 0 Å². The van der Waals surface area contributed by atoms with E-state index in [1.165, 1.54) is 0 Å². The van der Waals surface area contributed by atoms with Crippen LogP contribution in [0.5, 0.6) is 0 Å². The molecular formula is C17H11ClOS. The minimum atomic E-state index is 0.478. The van der Waals surface area contributed by atoms with Gasteiger partial charge in [-0.2, -0.15) is 0 Å². The van der Waals surface area contributed by atoms with Crippen molar-refractivity contribution >= 4 is 23.8 Å². The molecule has 0 spiro atoms. The summed E-state index contributed by atoms with van der Waals surface area (Å²) >= 11 is 11.6. The highest BCUT2D eigenvalue weighted by Gasteiger charge is 2.11. The van der Waals surface area contributed by atoms with Crippen LogP contribution in [0.25, 0.3) is 22.6 Å². The topological polar surface area (TPSA) is 13.1 Å². The molecule has 3 heteroatoms. The van der Waals surface area contributed by atoms with Gasteiger partial charge in [0.05, 0.1) is 4.51 Å². The second-order valence-corrected chi connectivity index (χ2v) is 5.17. The first-order valence-corrected chi connectivity index (χ1v) is 6.99. The fourth-order valence-electron chi connectivity index (χ4n) is 2.00. The van der Waals surface area contributed by atoms with Gasteiger partial charge in [-0.15, -0.1) is 0 Å². The van der Waals surface area contributed by atoms with Crippen LogP contribution in [-0.2, 0) is 0 Å². The first kappa shape index (κ1) is 13.1. The Hall–Kier alpha value is -1.90. The van der Waals surface area contributed by atoms with Gasteiger partial charge in [-0.1, -0.05) is 84.5 Å². The number of hydrogen-bond donors (Lipinski definition) is 0. The van der Waals surface area contributed by atoms with Crippen LogP contribution in [0.15, 0.2) is 71.1 Å². The molecule has 0 saturated carbocycles. The Bertz CT molecular complexity index is 779. The van der Waals surface area contributed by atoms with Crippen LogP contribution in [-0.4, -0.2) is 0 Å². The SMILES string of the molecule is S=c1cc(-c2ccccc2)oc(-c2ccccc2)c1Cl. The Kier molecular flexibility index (Phi) is 3.68. The molecule has 0 bridgehead atoms. The molecule has 3 aromatic rings. The number of hydrogen-bond acceptors (Lipinski definition) is 2. The molecule has 20 heavy (non-hydrogen) atoms. The molecule has 0 radical (unpaired) electrons. The van der Waals surface area contributed by atoms with Crippen molar-refractivity contribution in [3.05, 3.63) is 76.3 Å². The quantitative estimate of drug-likeness (QED) is 0.538. The lowest BCUT2D eigenvalue weighted by Gasteiger charge is -2.07. The van der Waals surface area contributed by atoms with Crippen molar-refractivity contribution in [2.75, 3.05) is 0 Å². The zero-order valence-electron chi connectivity index (χ0n) is 10.5. The molecule has 3 rings (SSSR count). The summed E-state index contributed by atoms with van der Waals surface area (Å²) in [5.74, 6) is 1.33. The Balaban J connectivity index is 2.22. The third-order valence-electron chi connectivity index (χ3n) is 2.98. The highest BCUT2D eigenvalue weighted by atomic mass is 35.5. The summed E-state index contributed by atoms with van der Waals surface area (Å²) in [6, 6.07) is 21.4. The van der Waals surface area contributed by atoms with Crippen LogP contribution in [0.4, 0.5) is 0 Å². The zero-order valence-corrected chi connectivity index (χ0v) is 12.1. The lowest BCUT2D eigenvalue weighted by atomic mass is 10.1. The molecule has 0 amide bonds. The van der Waals surface area contributed by atoms with Crippen molar-refractivity contribution in [1.29, 1.82) is 0 Å². The van der Waals surface area contributed by atoms with Gasteiger partial charge in [0.1, 0.15) is 10.8 Å². The molecule has 1 heterocycles. The van der Waals surface area contributed by atoms with Gasteiger partial charge in [0.25, 0.3) is 0 Å². The van der Waals surface area contributed by atoms with E-state index in [1.54, 1.807) is 6.07 Å². The van der Waals surface area contributed by atoms with Gasteiger partial charge >= 0.3 is 0 Å². The maximum atomic E-state index is 6.29. The summed E-state index contributed by atoms with van der Waals surface area (Å²) in [6.45, 7) is 0. The maximum Gasteiger partial charge on any atom is 0.154 e. The molecule has 98 valence electrons. The maximum absolute atomic E-state index is 6.29. The monoisotopic (exact) mass is 298 g/mol. The Morgan fingerprint density at radius 2 is 1.35 bits per heavy atom. The Morgan fingerprint density at radius 3 is 1.95 bits per heavy atom. The highest BCUT2D eigenvalue weighted by molar-refractivity contribution is 7.71. The third-order valence-corrected chi connectivity index (χ3v) is 3.79. The van der Waals surface area contributed by atoms with Gasteiger partial charge in [-0.05, 0) is 0 Å². The van der Waals surface area contributed by atoms with E-state index in [1.807, 2.05) is 60.7 Å². The predicted octanol–water partition coefficient (Wildman–Crippen LogP) is 6.00. The normalized spacial score (nSPS) is 10.4. The highest BCUT2D eigenvalue weighted by Crippen LogP contribution is 2.33. The van der Waals surface area contributed by atoms with Crippen LogP contribution >= 0.6 is 23.8 Å². The first-order chi connectivity index (χ1) is 9.75. The van der Waals surface area contributed by atoms with Crippen LogP contribution in [0.1, 0.15) is 0 Å². The van der Waals surface area contributed by atoms with Gasteiger partial charge in [-0.3, -0.25) is 0 Å². The van der Waals surface area contributed by atoms with E-state index in [-0.39, 0.29) is 0 Å². The van der Waals surface area contributed by atoms with Gasteiger partial charge in [0.15, 0.2) is 5.76 Å². The van der Waals surface area contributed by atoms with Crippen molar-refractivity contribution in [3.8, 4) is 22.6 Å². The average molecular weight is 299 g/mol. The summed E-state index contributed by atoms with van der Waals surface area (Å²) < 4.78 is 6.56. The summed E-state index contributed by atoms with van der Waals surface area (Å²) in [4.78, 5) is 0. The second-order valence-electron chi connectivity index (χ2n) is 4.35. The molecule has 0 aliphatic heterocycles. The molecule has 0 fully saturated rings. The Labute approximate surface area is 127 Å². The lowest BCUT2D eigenvalue weighted by Crippen LogP contribution is -1.84. The molecule has 0 saturated heterocycles. The van der Waals surface area contributed by atoms with E-state index in [0.29, 0.717) is 15.3 Å². The number of rotatable bonds is 2. The van der Waals surface area contributed by atoms with Gasteiger partial charge in [-0.25, -0.2) is 0 Å². The molecule has 2 aromatic carbocycles. The molecule has 1 nitrogen and oxygen atoms in total. The molecule has 0 unspecified atom stereocenters. The van der Waals surface area contributed by atoms with Crippen molar-refractivity contribution in [2.45, 2.75) is 0 Å². The number of halogens is 1. The zero-order chi connectivity index (χ0) is 13.9. The smallest absolute Gasteiger partial charge is 0.154 e. The summed E-state index contributed by atoms with van der Waals surface area (Å²) in [5.41, 5.74) is 1.90. The van der Waals surface area contributed by atoms with Crippen molar-refractivity contribution < 1.29 is 4.42 Å². The molecule has 0 aliphatic carbocycles. The third kappa shape index (κ3) is 2.53. The summed E-state index contributed by atoms with van der Waals surface area (Å²) in [7, 11) is 0. The molecule has 1 aromatic heterocycles. The largest absolute Gasteiger partial charge is 0.454 e. The Morgan fingerprint density at radius 1 is 0.800 bits per heavy atom. The van der Waals surface area contributed by atoms with E-state index in [4.69, 9.17) is 28.2 Å². The molecule has 0 atom stereocenters. The molecule has 0 aliphatic rings. The summed E-state index contributed by atoms with van der Waals surface area (Å²) in [6.07, 6.45) is 0. The number of benzene rings is 2. The van der Waals surface area contributed by atoms with E-state index in [2.05, 4.69) is 0 Å². The minimum absolute atomic E-state index is 0.478. The van der Waals surface area contributed by atoms with Gasteiger partial charge in [0, 0.05) is 17.2 Å². The van der Waals surface area contributed by atoms with Crippen molar-refractivity contribution in [2.24, 2.45) is 0 Å². The predicted molar refractivity (Wildman–Crippen MR) is 85.4 cm³/mol. The fourth-order valence-corrected chi connectivity index (χ4v) is 2.40. The fraction of sp³-hybridized carbons (Fsp3) is 0. The van der Waals surface area contributed by atoms with Crippen LogP contribution in [0.2, 0.25) is 5.02 Å². The van der Waals surface area contributed by atoms with E-state index in [0.717, 1.165) is 16.9 Å². The van der Waals surface area contributed by atoms with Crippen LogP contribution in [0, 0.1) is 4.51 Å². The standard InChI is InChI=1S/C17H11ClOS/c18-16-15(20)11-14(12-7-3-1-4-8-12)19-17(16)13-9-5-2-6-10-13/h1-11H. The first-order valence-electron chi connectivity index (χ1n) is 6.20. The van der Waals surface area contributed by atoms with Crippen molar-refractivity contribution in [3.63, 3.8) is 0 Å². The second kappa shape index (κ2) is 5.61. The minimum Gasteiger partial charge on any atom is -0.454 e. The molecule has 0 N–H and O–H groups in total. The van der Waals surface area contributed by atoms with Gasteiger partial charge < -0.3 is 4.42 Å². The van der Waals surface area contributed by atoms with E-state index >= 15 is 0 Å². The molecular weight excluding hydrogens is 288 g/mol. The van der Waals surface area contributed by atoms with Crippen molar-refractivity contribution in [1.82, 2.24) is 0 Å². The summed E-state index contributed by atoms with van der Waals surface area (Å²) in [5, 5.41) is 0.478. The lowest BCUT2D eigenvalue weighted by molar-refractivity contribution is 0.581.